The third-order valence-corrected chi connectivity index (χ3v) is 4.63. The zero-order valence-corrected chi connectivity index (χ0v) is 8.96. The van der Waals surface area contributed by atoms with E-state index in [1.807, 2.05) is 20.8 Å². The first-order valence-electron chi connectivity index (χ1n) is 4.20. The van der Waals surface area contributed by atoms with Crippen molar-refractivity contribution in [3.8, 4) is 0 Å². The molecule has 0 atom stereocenters. The van der Waals surface area contributed by atoms with Crippen LogP contribution in [0.4, 0.5) is 0 Å². The molecule has 72 valence electrons. The van der Waals surface area contributed by atoms with Crippen molar-refractivity contribution < 1.29 is 8.42 Å². The summed E-state index contributed by atoms with van der Waals surface area (Å²) in [4.78, 5) is 0. The molecule has 12 heavy (non-hydrogen) atoms. The fraction of sp³-hybridized carbons (Fsp3) is 1.00. The van der Waals surface area contributed by atoms with E-state index in [1.54, 1.807) is 6.92 Å². The van der Waals surface area contributed by atoms with Crippen LogP contribution in [0.25, 0.3) is 0 Å². The smallest absolute Gasteiger partial charge is 0.212 e. The van der Waals surface area contributed by atoms with E-state index in [4.69, 9.17) is 0 Å². The Morgan fingerprint density at radius 3 is 1.92 bits per heavy atom. The molecule has 4 heteroatoms. The Labute approximate surface area is 74.6 Å². The summed E-state index contributed by atoms with van der Waals surface area (Å²) in [7, 11) is -3.09. The van der Waals surface area contributed by atoms with Gasteiger partial charge < -0.3 is 0 Å². The molecular weight excluding hydrogens is 174 g/mol. The van der Waals surface area contributed by atoms with Crippen LogP contribution in [0, 0.1) is 0 Å². The maximum absolute atomic E-state index is 11.6. The van der Waals surface area contributed by atoms with Gasteiger partial charge in [-0.05, 0) is 40.5 Å². The second-order valence-corrected chi connectivity index (χ2v) is 7.00. The maximum Gasteiger partial charge on any atom is 0.217 e. The molecule has 3 nitrogen and oxygen atoms in total. The van der Waals surface area contributed by atoms with Gasteiger partial charge in [0.2, 0.25) is 10.0 Å². The van der Waals surface area contributed by atoms with Crippen LogP contribution < -0.4 is 4.72 Å². The molecule has 0 bridgehead atoms. The molecule has 0 radical (unpaired) electrons. The van der Waals surface area contributed by atoms with Crippen LogP contribution in [0.1, 0.15) is 40.5 Å². The molecule has 1 fully saturated rings. The van der Waals surface area contributed by atoms with Gasteiger partial charge in [-0.2, -0.15) is 0 Å². The molecule has 0 aromatic rings. The maximum atomic E-state index is 11.6. The Morgan fingerprint density at radius 2 is 1.67 bits per heavy atom. The molecule has 1 rings (SSSR count). The van der Waals surface area contributed by atoms with Crippen LogP contribution in [0.15, 0.2) is 0 Å². The van der Waals surface area contributed by atoms with Crippen molar-refractivity contribution in [2.45, 2.75) is 50.8 Å². The monoisotopic (exact) mass is 191 g/mol. The quantitative estimate of drug-likeness (QED) is 0.714. The first-order valence-corrected chi connectivity index (χ1v) is 5.68. The van der Waals surface area contributed by atoms with Gasteiger partial charge in [0.05, 0.1) is 4.75 Å². The highest BCUT2D eigenvalue weighted by Crippen LogP contribution is 2.42. The van der Waals surface area contributed by atoms with Gasteiger partial charge >= 0.3 is 0 Å². The minimum Gasteiger partial charge on any atom is -0.212 e. The van der Waals surface area contributed by atoms with Crippen molar-refractivity contribution in [2.24, 2.45) is 0 Å². The van der Waals surface area contributed by atoms with Gasteiger partial charge in [0.25, 0.3) is 0 Å². The minimum absolute atomic E-state index is 0.357. The van der Waals surface area contributed by atoms with Crippen LogP contribution in [0.3, 0.4) is 0 Å². The Morgan fingerprint density at radius 1 is 1.25 bits per heavy atom. The Hall–Kier alpha value is -0.0900. The zero-order valence-electron chi connectivity index (χ0n) is 8.14. The molecule has 0 saturated heterocycles. The van der Waals surface area contributed by atoms with Crippen LogP contribution >= 0.6 is 0 Å². The molecule has 0 aliphatic heterocycles. The highest BCUT2D eigenvalue weighted by atomic mass is 32.2. The van der Waals surface area contributed by atoms with Gasteiger partial charge in [0, 0.05) is 5.54 Å². The summed E-state index contributed by atoms with van der Waals surface area (Å²) in [5.74, 6) is 0. The molecule has 0 aromatic heterocycles. The average molecular weight is 191 g/mol. The van der Waals surface area contributed by atoms with Crippen molar-refractivity contribution in [3.05, 3.63) is 0 Å². The number of rotatable bonds is 2. The lowest BCUT2D eigenvalue weighted by atomic mass is 10.1. The Kier molecular flexibility index (Phi) is 2.04. The van der Waals surface area contributed by atoms with E-state index < -0.39 is 14.8 Å². The lowest BCUT2D eigenvalue weighted by Gasteiger charge is -2.23. The van der Waals surface area contributed by atoms with E-state index in [-0.39, 0.29) is 5.54 Å². The van der Waals surface area contributed by atoms with Crippen LogP contribution in [-0.4, -0.2) is 18.7 Å². The van der Waals surface area contributed by atoms with Crippen LogP contribution in [-0.2, 0) is 10.0 Å². The second kappa shape index (κ2) is 2.45. The number of hydrogen-bond donors (Lipinski definition) is 1. The van der Waals surface area contributed by atoms with Crippen LogP contribution in [0.5, 0.6) is 0 Å². The number of sulfonamides is 1. The zero-order chi connectivity index (χ0) is 9.62. The molecule has 1 N–H and O–H groups in total. The molecular formula is C8H17NO2S. The van der Waals surface area contributed by atoms with Crippen LogP contribution in [0.2, 0.25) is 0 Å². The van der Waals surface area contributed by atoms with E-state index in [0.717, 1.165) is 12.8 Å². The van der Waals surface area contributed by atoms with E-state index in [9.17, 15) is 8.42 Å². The summed E-state index contributed by atoms with van der Waals surface area (Å²) in [6.45, 7) is 7.37. The SMILES string of the molecule is CC(C)(C)NS(=O)(=O)C1(C)CC1. The van der Waals surface area contributed by atoms with Gasteiger partial charge in [-0.25, -0.2) is 13.1 Å². The summed E-state index contributed by atoms with van der Waals surface area (Å²) in [6, 6.07) is 0. The Balaban J connectivity index is 2.75. The highest BCUT2D eigenvalue weighted by Gasteiger charge is 2.50. The number of hydrogen-bond acceptors (Lipinski definition) is 2. The summed E-state index contributed by atoms with van der Waals surface area (Å²) < 4.78 is 25.4. The molecule has 0 unspecified atom stereocenters. The predicted molar refractivity (Wildman–Crippen MR) is 49.4 cm³/mol. The third kappa shape index (κ3) is 1.98. The Bertz CT molecular complexity index is 270. The van der Waals surface area contributed by atoms with Crippen molar-refractivity contribution in [1.29, 1.82) is 0 Å². The highest BCUT2D eigenvalue weighted by molar-refractivity contribution is 7.91. The lowest BCUT2D eigenvalue weighted by molar-refractivity contribution is 0.484. The third-order valence-electron chi connectivity index (χ3n) is 2.04. The topological polar surface area (TPSA) is 46.2 Å². The summed E-state index contributed by atoms with van der Waals surface area (Å²) >= 11 is 0. The van der Waals surface area contributed by atoms with Crippen molar-refractivity contribution in [1.82, 2.24) is 4.72 Å². The number of nitrogens with one attached hydrogen (secondary N) is 1. The van der Waals surface area contributed by atoms with Crippen molar-refractivity contribution >= 4 is 10.0 Å². The van der Waals surface area contributed by atoms with Gasteiger partial charge in [-0.1, -0.05) is 0 Å². The van der Waals surface area contributed by atoms with Gasteiger partial charge in [-0.3, -0.25) is 0 Å². The summed E-state index contributed by atoms with van der Waals surface area (Å²) in [5.41, 5.74) is -0.357. The fourth-order valence-electron chi connectivity index (χ4n) is 0.971. The summed E-state index contributed by atoms with van der Waals surface area (Å²) in [6.07, 6.45) is 1.58. The first kappa shape index (κ1) is 9.99. The largest absolute Gasteiger partial charge is 0.217 e. The molecule has 0 spiro atoms. The molecule has 1 aliphatic rings. The normalized spacial score (nSPS) is 22.3. The molecule has 0 heterocycles. The van der Waals surface area contributed by atoms with Crippen molar-refractivity contribution in [3.63, 3.8) is 0 Å². The first-order chi connectivity index (χ1) is 5.16. The van der Waals surface area contributed by atoms with Crippen molar-refractivity contribution in [2.75, 3.05) is 0 Å². The van der Waals surface area contributed by atoms with Gasteiger partial charge in [-0.15, -0.1) is 0 Å². The molecule has 0 amide bonds. The van der Waals surface area contributed by atoms with E-state index in [0.29, 0.717) is 0 Å². The summed E-state index contributed by atoms with van der Waals surface area (Å²) in [5, 5.41) is 0. The standard InChI is InChI=1S/C8H17NO2S/c1-7(2,3)9-12(10,11)8(4)5-6-8/h9H,5-6H2,1-4H3. The predicted octanol–water partition coefficient (Wildman–Crippen LogP) is 1.26. The van der Waals surface area contributed by atoms with Gasteiger partial charge in [0.1, 0.15) is 0 Å². The molecule has 1 saturated carbocycles. The van der Waals surface area contributed by atoms with E-state index in [2.05, 4.69) is 4.72 Å². The molecule has 1 aliphatic carbocycles. The van der Waals surface area contributed by atoms with E-state index >= 15 is 0 Å². The second-order valence-electron chi connectivity index (χ2n) is 4.81. The van der Waals surface area contributed by atoms with Gasteiger partial charge in [0.15, 0.2) is 0 Å². The minimum atomic E-state index is -3.09. The average Bonchev–Trinajstić information content (AvgIpc) is 2.40. The fourth-order valence-corrected chi connectivity index (χ4v) is 2.66. The van der Waals surface area contributed by atoms with E-state index in [1.165, 1.54) is 0 Å². The lowest BCUT2D eigenvalue weighted by Crippen LogP contribution is -2.45. The molecule has 0 aromatic carbocycles.